The van der Waals surface area contributed by atoms with E-state index in [-0.39, 0.29) is 17.2 Å². The van der Waals surface area contributed by atoms with E-state index in [4.69, 9.17) is 9.47 Å². The van der Waals surface area contributed by atoms with Gasteiger partial charge in [0, 0.05) is 19.6 Å². The third-order valence-corrected chi connectivity index (χ3v) is 7.10. The first kappa shape index (κ1) is 25.2. The molecule has 1 aliphatic heterocycles. The summed E-state index contributed by atoms with van der Waals surface area (Å²) in [7, 11) is -2.37. The average molecular weight is 476 g/mol. The number of carbonyl (C=O) groups excluding carboxylic acids is 1. The molecule has 1 fully saturated rings. The maximum absolute atomic E-state index is 13.1. The number of morpholine rings is 1. The van der Waals surface area contributed by atoms with Crippen molar-refractivity contribution in [2.45, 2.75) is 30.7 Å². The molecule has 1 amide bonds. The van der Waals surface area contributed by atoms with Crippen LogP contribution in [0.4, 0.5) is 0 Å². The molecule has 0 spiro atoms. The number of rotatable bonds is 11. The van der Waals surface area contributed by atoms with Crippen LogP contribution >= 0.6 is 0 Å². The van der Waals surface area contributed by atoms with E-state index in [2.05, 4.69) is 14.9 Å². The van der Waals surface area contributed by atoms with Crippen molar-refractivity contribution in [3.05, 3.63) is 59.7 Å². The van der Waals surface area contributed by atoms with Gasteiger partial charge in [-0.05, 0) is 55.6 Å². The number of amides is 1. The molecule has 33 heavy (non-hydrogen) atoms. The molecule has 0 bridgehead atoms. The van der Waals surface area contributed by atoms with Gasteiger partial charge in [0.15, 0.2) is 0 Å². The average Bonchev–Trinajstić information content (AvgIpc) is 2.82. The van der Waals surface area contributed by atoms with Gasteiger partial charge >= 0.3 is 0 Å². The fourth-order valence-corrected chi connectivity index (χ4v) is 5.05. The minimum Gasteiger partial charge on any atom is -0.496 e. The first-order chi connectivity index (χ1) is 15.9. The van der Waals surface area contributed by atoms with Crippen LogP contribution in [0, 0.1) is 6.92 Å². The number of nitrogens with zero attached hydrogens (tertiary/aromatic N) is 1. The Labute approximate surface area is 196 Å². The van der Waals surface area contributed by atoms with Crippen molar-refractivity contribution in [2.24, 2.45) is 0 Å². The standard InChI is InChI=1S/C24H33N3O5S/c1-19-17-21(9-10-23(19)31-2)33(29,30)26-22(18-20-7-4-3-5-8-20)24(28)25-11-6-12-27-13-15-32-16-14-27/h3-5,7-10,17,22,26H,6,11-16,18H2,1-2H3,(H,25,28). The number of benzene rings is 2. The van der Waals surface area contributed by atoms with E-state index in [9.17, 15) is 13.2 Å². The topological polar surface area (TPSA) is 97.0 Å². The van der Waals surface area contributed by atoms with E-state index in [1.807, 2.05) is 30.3 Å². The predicted octanol–water partition coefficient (Wildman–Crippen LogP) is 1.73. The zero-order chi connectivity index (χ0) is 23.7. The minimum atomic E-state index is -3.91. The van der Waals surface area contributed by atoms with Crippen molar-refractivity contribution in [3.63, 3.8) is 0 Å². The third kappa shape index (κ3) is 7.53. The van der Waals surface area contributed by atoms with Crippen LogP contribution in [0.15, 0.2) is 53.4 Å². The van der Waals surface area contributed by atoms with E-state index >= 15 is 0 Å². The van der Waals surface area contributed by atoms with Gasteiger partial charge in [0.05, 0.1) is 25.2 Å². The highest BCUT2D eigenvalue weighted by Gasteiger charge is 2.26. The van der Waals surface area contributed by atoms with Gasteiger partial charge in [-0.1, -0.05) is 30.3 Å². The van der Waals surface area contributed by atoms with Gasteiger partial charge in [0.1, 0.15) is 11.8 Å². The highest BCUT2D eigenvalue weighted by atomic mass is 32.2. The lowest BCUT2D eigenvalue weighted by Gasteiger charge is -2.26. The summed E-state index contributed by atoms with van der Waals surface area (Å²) in [5.74, 6) is 0.266. The van der Waals surface area contributed by atoms with Crippen molar-refractivity contribution in [1.82, 2.24) is 14.9 Å². The predicted molar refractivity (Wildman–Crippen MR) is 127 cm³/mol. The van der Waals surface area contributed by atoms with Gasteiger partial charge < -0.3 is 14.8 Å². The van der Waals surface area contributed by atoms with Crippen LogP contribution in [0.3, 0.4) is 0 Å². The minimum absolute atomic E-state index is 0.0963. The molecule has 1 atom stereocenters. The van der Waals surface area contributed by atoms with Gasteiger partial charge in [-0.25, -0.2) is 8.42 Å². The highest BCUT2D eigenvalue weighted by molar-refractivity contribution is 7.89. The smallest absolute Gasteiger partial charge is 0.241 e. The normalized spacial score (nSPS) is 15.7. The molecule has 1 unspecified atom stereocenters. The molecule has 0 aromatic heterocycles. The molecule has 2 aromatic rings. The summed E-state index contributed by atoms with van der Waals surface area (Å²) < 4.78 is 39.3. The fourth-order valence-electron chi connectivity index (χ4n) is 3.77. The number of methoxy groups -OCH3 is 1. The second-order valence-electron chi connectivity index (χ2n) is 8.09. The quantitative estimate of drug-likeness (QED) is 0.481. The van der Waals surface area contributed by atoms with Gasteiger partial charge in [-0.15, -0.1) is 0 Å². The first-order valence-corrected chi connectivity index (χ1v) is 12.7. The monoisotopic (exact) mass is 475 g/mol. The molecular formula is C24H33N3O5S. The fraction of sp³-hybridized carbons (Fsp3) is 0.458. The Morgan fingerprint density at radius 2 is 1.88 bits per heavy atom. The van der Waals surface area contributed by atoms with Crippen molar-refractivity contribution < 1.29 is 22.7 Å². The van der Waals surface area contributed by atoms with Crippen LogP contribution in [0.2, 0.25) is 0 Å². The van der Waals surface area contributed by atoms with Crippen molar-refractivity contribution in [3.8, 4) is 5.75 Å². The maximum atomic E-state index is 13.1. The van der Waals surface area contributed by atoms with Gasteiger partial charge in [0.2, 0.25) is 15.9 Å². The van der Waals surface area contributed by atoms with Crippen LogP contribution in [0.1, 0.15) is 17.5 Å². The molecule has 0 aliphatic carbocycles. The molecule has 180 valence electrons. The number of sulfonamides is 1. The number of hydrogen-bond acceptors (Lipinski definition) is 6. The number of hydrogen-bond donors (Lipinski definition) is 2. The van der Waals surface area contributed by atoms with Crippen LogP contribution in [0.25, 0.3) is 0 Å². The molecule has 2 aromatic carbocycles. The SMILES string of the molecule is COc1ccc(S(=O)(=O)NC(Cc2ccccc2)C(=O)NCCCN2CCOCC2)cc1C. The maximum Gasteiger partial charge on any atom is 0.241 e. The molecular weight excluding hydrogens is 442 g/mol. The lowest BCUT2D eigenvalue weighted by Crippen LogP contribution is -2.48. The lowest BCUT2D eigenvalue weighted by atomic mass is 10.1. The number of nitrogens with one attached hydrogen (secondary N) is 2. The van der Waals surface area contributed by atoms with Crippen LogP contribution in [0.5, 0.6) is 5.75 Å². The summed E-state index contributed by atoms with van der Waals surface area (Å²) in [6.07, 6.45) is 1.04. The zero-order valence-electron chi connectivity index (χ0n) is 19.2. The summed E-state index contributed by atoms with van der Waals surface area (Å²) in [4.78, 5) is 15.4. The Morgan fingerprint density at radius 3 is 2.55 bits per heavy atom. The van der Waals surface area contributed by atoms with Gasteiger partial charge in [-0.2, -0.15) is 4.72 Å². The Kier molecular flexibility index (Phi) is 9.25. The number of carbonyl (C=O) groups is 1. The first-order valence-electron chi connectivity index (χ1n) is 11.2. The van der Waals surface area contributed by atoms with Crippen LogP contribution < -0.4 is 14.8 Å². The molecule has 2 N–H and O–H groups in total. The van der Waals surface area contributed by atoms with Crippen LogP contribution in [-0.2, 0) is 26.0 Å². The summed E-state index contributed by atoms with van der Waals surface area (Å²) >= 11 is 0. The number of aryl methyl sites for hydroxylation is 1. The number of ether oxygens (including phenoxy) is 2. The third-order valence-electron chi connectivity index (χ3n) is 5.63. The molecule has 0 radical (unpaired) electrons. The highest BCUT2D eigenvalue weighted by Crippen LogP contribution is 2.21. The van der Waals surface area contributed by atoms with E-state index in [0.717, 1.165) is 44.8 Å². The second-order valence-corrected chi connectivity index (χ2v) is 9.81. The second kappa shape index (κ2) is 12.1. The molecule has 3 rings (SSSR count). The Balaban J connectivity index is 1.66. The van der Waals surface area contributed by atoms with E-state index in [0.29, 0.717) is 17.9 Å². The molecule has 1 saturated heterocycles. The van der Waals surface area contributed by atoms with Crippen molar-refractivity contribution >= 4 is 15.9 Å². The summed E-state index contributed by atoms with van der Waals surface area (Å²) in [6, 6.07) is 13.1. The van der Waals surface area contributed by atoms with Crippen molar-refractivity contribution in [1.29, 1.82) is 0 Å². The lowest BCUT2D eigenvalue weighted by molar-refractivity contribution is -0.122. The molecule has 9 heteroatoms. The van der Waals surface area contributed by atoms with Gasteiger partial charge in [-0.3, -0.25) is 9.69 Å². The van der Waals surface area contributed by atoms with E-state index in [1.54, 1.807) is 19.1 Å². The summed E-state index contributed by atoms with van der Waals surface area (Å²) in [5.41, 5.74) is 1.58. The molecule has 8 nitrogen and oxygen atoms in total. The van der Waals surface area contributed by atoms with E-state index < -0.39 is 16.1 Å². The zero-order valence-corrected chi connectivity index (χ0v) is 20.1. The van der Waals surface area contributed by atoms with Crippen LogP contribution in [-0.4, -0.2) is 71.8 Å². The van der Waals surface area contributed by atoms with E-state index in [1.165, 1.54) is 13.2 Å². The van der Waals surface area contributed by atoms with Crippen molar-refractivity contribution in [2.75, 3.05) is 46.5 Å². The van der Waals surface area contributed by atoms with Gasteiger partial charge in [0.25, 0.3) is 0 Å². The Bertz CT molecular complexity index is 1010. The molecule has 0 saturated carbocycles. The Hall–Kier alpha value is -2.46. The summed E-state index contributed by atoms with van der Waals surface area (Å²) in [6.45, 7) is 6.38. The molecule has 1 heterocycles. The summed E-state index contributed by atoms with van der Waals surface area (Å²) in [5, 5.41) is 2.90. The Morgan fingerprint density at radius 1 is 1.15 bits per heavy atom. The molecule has 1 aliphatic rings. The largest absolute Gasteiger partial charge is 0.496 e.